The number of benzene rings is 2. The molecule has 0 amide bonds. The molecule has 0 aliphatic carbocycles. The number of hydrogen-bond acceptors (Lipinski definition) is 4. The Kier molecular flexibility index (Phi) is 7.92. The lowest BCUT2D eigenvalue weighted by Gasteiger charge is -2.11. The molecule has 2 nitrogen and oxygen atoms in total. The van der Waals surface area contributed by atoms with Crippen molar-refractivity contribution in [3.05, 3.63) is 70.8 Å². The van der Waals surface area contributed by atoms with Gasteiger partial charge in [0.15, 0.2) is 0 Å². The summed E-state index contributed by atoms with van der Waals surface area (Å²) < 4.78 is -3.11. The first kappa shape index (κ1) is 22.5. The lowest BCUT2D eigenvalue weighted by Crippen LogP contribution is -2.02. The molecule has 0 aromatic heterocycles. The molecule has 0 aliphatic rings. The lowest BCUT2D eigenvalue weighted by molar-refractivity contribution is 0.107. The highest BCUT2D eigenvalue weighted by Gasteiger charge is 2.24. The molecule has 0 bridgehead atoms. The van der Waals surface area contributed by atoms with Crippen molar-refractivity contribution in [2.24, 2.45) is 0 Å². The second-order valence-electron chi connectivity index (χ2n) is 4.89. The third-order valence-electron chi connectivity index (χ3n) is 3.09. The fourth-order valence-corrected chi connectivity index (χ4v) is 4.17. The smallest absolute Gasteiger partial charge is 0.230 e. The molecule has 26 heavy (non-hydrogen) atoms. The Morgan fingerprint density at radius 3 is 1.08 bits per heavy atom. The van der Waals surface area contributed by atoms with Crippen LogP contribution in [0.15, 0.2) is 48.5 Å². The summed E-state index contributed by atoms with van der Waals surface area (Å²) >= 11 is 34.6. The second-order valence-corrected chi connectivity index (χ2v) is 11.5. The average molecular weight is 509 g/mol. The third-order valence-corrected chi connectivity index (χ3v) is 6.41. The maximum Gasteiger partial charge on any atom is 0.230 e. The van der Waals surface area contributed by atoms with E-state index in [9.17, 15) is 9.59 Å². The molecule has 0 spiro atoms. The first-order chi connectivity index (χ1) is 12.0. The van der Waals surface area contributed by atoms with Gasteiger partial charge >= 0.3 is 0 Å². The molecular weight excluding hydrogens is 501 g/mol. The van der Waals surface area contributed by atoms with Gasteiger partial charge in [0.1, 0.15) is 0 Å². The van der Waals surface area contributed by atoms with Crippen LogP contribution in [0.25, 0.3) is 0 Å². The van der Waals surface area contributed by atoms with Crippen molar-refractivity contribution in [3.8, 4) is 0 Å². The first-order valence-corrected chi connectivity index (χ1v) is 11.2. The number of alkyl halides is 6. The summed E-state index contributed by atoms with van der Waals surface area (Å²) in [7, 11) is 1.61. The van der Waals surface area contributed by atoms with E-state index in [1.165, 1.54) is 24.3 Å². The van der Waals surface area contributed by atoms with Gasteiger partial charge in [0.2, 0.25) is 17.8 Å². The normalized spacial score (nSPS) is 12.1. The zero-order valence-electron chi connectivity index (χ0n) is 12.5. The molecule has 2 aromatic carbocycles. The van der Waals surface area contributed by atoms with Gasteiger partial charge in [-0.25, -0.2) is 0 Å². The highest BCUT2D eigenvalue weighted by atomic mass is 35.6. The average Bonchev–Trinajstić information content (AvgIpc) is 2.58. The zero-order valence-corrected chi connectivity index (χ0v) is 18.7. The summed E-state index contributed by atoms with van der Waals surface area (Å²) in [6.07, 6.45) is 0. The fraction of sp³-hybridized carbons (Fsp3) is 0.125. The van der Waals surface area contributed by atoms with Crippen molar-refractivity contribution in [1.29, 1.82) is 0 Å². The predicted molar refractivity (Wildman–Crippen MR) is 115 cm³/mol. The minimum Gasteiger partial charge on any atom is -0.281 e. The van der Waals surface area contributed by atoms with E-state index in [0.717, 1.165) is 21.6 Å². The maximum absolute atomic E-state index is 12.2. The van der Waals surface area contributed by atoms with Gasteiger partial charge in [-0.05, 0) is 21.6 Å². The number of rotatable bonds is 2. The Labute approximate surface area is 188 Å². The van der Waals surface area contributed by atoms with Crippen molar-refractivity contribution in [2.45, 2.75) is 7.59 Å². The zero-order chi connectivity index (χ0) is 19.5. The molecule has 0 saturated heterocycles. The van der Waals surface area contributed by atoms with Crippen LogP contribution in [0.5, 0.6) is 0 Å². The van der Waals surface area contributed by atoms with Gasteiger partial charge in [0.25, 0.3) is 0 Å². The summed E-state index contributed by atoms with van der Waals surface area (Å²) in [5.74, 6) is 0. The van der Waals surface area contributed by atoms with Gasteiger partial charge < -0.3 is 0 Å². The molecule has 0 atom stereocenters. The van der Waals surface area contributed by atoms with Crippen molar-refractivity contribution >= 4 is 101 Å². The third kappa shape index (κ3) is 6.39. The standard InChI is InChI=1S/C16H8Cl6O2S2/c17-15(18,19)11-5-1-9(2-6-11)13(23)25-26-14(24)10-3-7-12(8-4-10)16(20,21)22/h1-8H. The molecule has 10 heteroatoms. The van der Waals surface area contributed by atoms with Crippen LogP contribution in [0.3, 0.4) is 0 Å². The first-order valence-electron chi connectivity index (χ1n) is 6.76. The van der Waals surface area contributed by atoms with Gasteiger partial charge in [-0.1, -0.05) is 118 Å². The predicted octanol–water partition coefficient (Wildman–Crippen LogP) is 7.70. The summed E-state index contributed by atoms with van der Waals surface area (Å²) in [6, 6.07) is 12.3. The van der Waals surface area contributed by atoms with E-state index in [2.05, 4.69) is 0 Å². The van der Waals surface area contributed by atoms with E-state index < -0.39 is 7.59 Å². The van der Waals surface area contributed by atoms with Crippen LogP contribution in [0, 0.1) is 0 Å². The Balaban J connectivity index is 1.97. The monoisotopic (exact) mass is 506 g/mol. The second kappa shape index (κ2) is 9.15. The number of halogens is 6. The van der Waals surface area contributed by atoms with Crippen LogP contribution in [0.1, 0.15) is 31.8 Å². The minimum absolute atomic E-state index is 0.294. The molecule has 138 valence electrons. The summed E-state index contributed by atoms with van der Waals surface area (Å²) in [6.45, 7) is 0. The highest BCUT2D eigenvalue weighted by molar-refractivity contribution is 8.87. The molecule has 0 fully saturated rings. The van der Waals surface area contributed by atoms with Crippen molar-refractivity contribution in [3.63, 3.8) is 0 Å². The molecule has 0 unspecified atom stereocenters. The van der Waals surface area contributed by atoms with E-state index in [-0.39, 0.29) is 10.2 Å². The molecule has 0 N–H and O–H groups in total. The highest BCUT2D eigenvalue weighted by Crippen LogP contribution is 2.39. The largest absolute Gasteiger partial charge is 0.281 e. The van der Waals surface area contributed by atoms with E-state index in [4.69, 9.17) is 69.6 Å². The molecule has 0 saturated carbocycles. The molecule has 0 radical (unpaired) electrons. The van der Waals surface area contributed by atoms with Crippen LogP contribution in [0.4, 0.5) is 0 Å². The minimum atomic E-state index is -1.56. The maximum atomic E-state index is 12.2. The molecule has 0 heterocycles. The topological polar surface area (TPSA) is 34.1 Å². The molecule has 2 aromatic rings. The Bertz CT molecular complexity index is 726. The number of carbonyl (C=O) groups is 2. The van der Waals surface area contributed by atoms with Gasteiger partial charge in [-0.3, -0.25) is 9.59 Å². The Morgan fingerprint density at radius 1 is 0.577 bits per heavy atom. The molecule has 2 rings (SSSR count). The van der Waals surface area contributed by atoms with Crippen LogP contribution >= 0.6 is 91.2 Å². The Morgan fingerprint density at radius 2 is 0.846 bits per heavy atom. The van der Waals surface area contributed by atoms with Crippen LogP contribution in [0.2, 0.25) is 0 Å². The quantitative estimate of drug-likeness (QED) is 0.307. The summed E-state index contributed by atoms with van der Waals surface area (Å²) in [4.78, 5) is 24.3. The van der Waals surface area contributed by atoms with Gasteiger partial charge in [0.05, 0.1) is 0 Å². The van der Waals surface area contributed by atoms with Crippen LogP contribution in [-0.2, 0) is 7.59 Å². The summed E-state index contributed by atoms with van der Waals surface area (Å²) in [5, 5.41) is -0.589. The number of carbonyl (C=O) groups excluding carboxylic acids is 2. The van der Waals surface area contributed by atoms with Crippen molar-refractivity contribution in [2.75, 3.05) is 0 Å². The van der Waals surface area contributed by atoms with E-state index in [0.29, 0.717) is 22.3 Å². The van der Waals surface area contributed by atoms with Crippen LogP contribution < -0.4 is 0 Å². The van der Waals surface area contributed by atoms with E-state index >= 15 is 0 Å². The van der Waals surface area contributed by atoms with Gasteiger partial charge in [-0.15, -0.1) is 0 Å². The van der Waals surface area contributed by atoms with E-state index in [1.807, 2.05) is 0 Å². The fourth-order valence-electron chi connectivity index (χ4n) is 1.76. The lowest BCUT2D eigenvalue weighted by atomic mass is 10.2. The summed E-state index contributed by atoms with van der Waals surface area (Å²) in [5.41, 5.74) is 1.67. The molecule has 0 aliphatic heterocycles. The van der Waals surface area contributed by atoms with Gasteiger partial charge in [-0.2, -0.15) is 0 Å². The van der Waals surface area contributed by atoms with Crippen LogP contribution in [-0.4, -0.2) is 10.2 Å². The van der Waals surface area contributed by atoms with E-state index in [1.54, 1.807) is 24.3 Å². The van der Waals surface area contributed by atoms with Crippen molar-refractivity contribution < 1.29 is 9.59 Å². The Hall–Kier alpha value is 0.220. The van der Waals surface area contributed by atoms with Gasteiger partial charge in [0, 0.05) is 22.3 Å². The SMILES string of the molecule is O=C(SSC(=O)c1ccc(C(Cl)(Cl)Cl)cc1)c1ccc(C(Cl)(Cl)Cl)cc1. The number of hydrogen-bond donors (Lipinski definition) is 0. The van der Waals surface area contributed by atoms with Crippen molar-refractivity contribution in [1.82, 2.24) is 0 Å². The molecular formula is C16H8Cl6O2S2.